The van der Waals surface area contributed by atoms with Gasteiger partial charge in [-0.25, -0.2) is 4.39 Å². The summed E-state index contributed by atoms with van der Waals surface area (Å²) in [5.41, 5.74) is 7.43. The zero-order valence-corrected chi connectivity index (χ0v) is 11.5. The molecular formula is C13H14FN3OS. The van der Waals surface area contributed by atoms with E-state index in [1.807, 2.05) is 20.0 Å². The first kappa shape index (κ1) is 13.5. The maximum atomic E-state index is 13.6. The second-order valence-corrected chi connectivity index (χ2v) is 4.61. The van der Waals surface area contributed by atoms with Crippen LogP contribution in [-0.4, -0.2) is 14.8 Å². The van der Waals surface area contributed by atoms with Gasteiger partial charge in [0.1, 0.15) is 23.2 Å². The van der Waals surface area contributed by atoms with E-state index in [1.54, 1.807) is 16.8 Å². The van der Waals surface area contributed by atoms with Gasteiger partial charge in [-0.1, -0.05) is 18.3 Å². The van der Waals surface area contributed by atoms with Crippen molar-refractivity contribution >= 4 is 17.2 Å². The van der Waals surface area contributed by atoms with E-state index < -0.39 is 5.82 Å². The topological polar surface area (TPSA) is 53.1 Å². The van der Waals surface area contributed by atoms with Crippen molar-refractivity contribution in [1.29, 1.82) is 0 Å². The van der Waals surface area contributed by atoms with Crippen LogP contribution in [0.1, 0.15) is 17.0 Å². The molecule has 1 aromatic carbocycles. The zero-order chi connectivity index (χ0) is 14.0. The highest BCUT2D eigenvalue weighted by Crippen LogP contribution is 2.22. The number of thiocarbonyl (C=S) groups is 1. The summed E-state index contributed by atoms with van der Waals surface area (Å²) in [7, 11) is 1.83. The second-order valence-electron chi connectivity index (χ2n) is 4.17. The smallest absolute Gasteiger partial charge is 0.137 e. The van der Waals surface area contributed by atoms with Gasteiger partial charge >= 0.3 is 0 Å². The molecule has 0 bridgehead atoms. The molecule has 0 spiro atoms. The van der Waals surface area contributed by atoms with Crippen LogP contribution in [0.4, 0.5) is 4.39 Å². The Labute approximate surface area is 116 Å². The first-order valence-electron chi connectivity index (χ1n) is 5.69. The number of aromatic nitrogens is 2. The fraction of sp³-hybridized carbons (Fsp3) is 0.231. The molecule has 0 amide bonds. The van der Waals surface area contributed by atoms with Crippen LogP contribution in [0.2, 0.25) is 0 Å². The minimum Gasteiger partial charge on any atom is -0.486 e. The number of nitrogens with two attached hydrogens (primary N) is 1. The van der Waals surface area contributed by atoms with Crippen molar-refractivity contribution in [3.05, 3.63) is 47.0 Å². The van der Waals surface area contributed by atoms with Crippen LogP contribution in [0.5, 0.6) is 5.75 Å². The van der Waals surface area contributed by atoms with Crippen molar-refractivity contribution in [3.8, 4) is 5.75 Å². The van der Waals surface area contributed by atoms with Gasteiger partial charge in [0.25, 0.3) is 0 Å². The Morgan fingerprint density at radius 3 is 2.84 bits per heavy atom. The highest BCUT2D eigenvalue weighted by molar-refractivity contribution is 7.80. The van der Waals surface area contributed by atoms with E-state index in [-0.39, 0.29) is 17.2 Å². The molecule has 4 nitrogen and oxygen atoms in total. The van der Waals surface area contributed by atoms with E-state index in [4.69, 9.17) is 22.7 Å². The maximum Gasteiger partial charge on any atom is 0.137 e. The fourth-order valence-electron chi connectivity index (χ4n) is 1.81. The summed E-state index contributed by atoms with van der Waals surface area (Å²) in [5, 5.41) is 4.21. The Balaban J connectivity index is 2.22. The monoisotopic (exact) mass is 279 g/mol. The van der Waals surface area contributed by atoms with Crippen molar-refractivity contribution in [2.45, 2.75) is 13.5 Å². The predicted octanol–water partition coefficient (Wildman–Crippen LogP) is 2.08. The standard InChI is InChI=1S/C13H14FN3OS/c1-8-6-9(17(2)16-8)7-18-11-5-3-4-10(14)12(11)13(15)19/h3-6H,7H2,1-2H3,(H2,15,19). The molecule has 0 radical (unpaired) electrons. The molecule has 2 rings (SSSR count). The van der Waals surface area contributed by atoms with E-state index in [0.717, 1.165) is 11.4 Å². The molecule has 2 N–H and O–H groups in total. The third-order valence-corrected chi connectivity index (χ3v) is 2.90. The van der Waals surface area contributed by atoms with Crippen LogP contribution in [0.25, 0.3) is 0 Å². The Hall–Kier alpha value is -1.95. The van der Waals surface area contributed by atoms with Crippen molar-refractivity contribution in [3.63, 3.8) is 0 Å². The van der Waals surface area contributed by atoms with Gasteiger partial charge in [-0.05, 0) is 25.1 Å². The number of hydrogen-bond donors (Lipinski definition) is 1. The Morgan fingerprint density at radius 1 is 1.53 bits per heavy atom. The summed E-state index contributed by atoms with van der Waals surface area (Å²) in [6.07, 6.45) is 0. The van der Waals surface area contributed by atoms with E-state index >= 15 is 0 Å². The molecule has 0 aliphatic rings. The van der Waals surface area contributed by atoms with E-state index in [2.05, 4.69) is 5.10 Å². The van der Waals surface area contributed by atoms with Crippen LogP contribution < -0.4 is 10.5 Å². The van der Waals surface area contributed by atoms with Gasteiger partial charge in [-0.3, -0.25) is 4.68 Å². The number of nitrogens with zero attached hydrogens (tertiary/aromatic N) is 2. The second kappa shape index (κ2) is 5.36. The van der Waals surface area contributed by atoms with Crippen molar-refractivity contribution in [1.82, 2.24) is 9.78 Å². The Morgan fingerprint density at radius 2 is 2.26 bits per heavy atom. The van der Waals surface area contributed by atoms with Crippen LogP contribution >= 0.6 is 12.2 Å². The molecule has 0 fully saturated rings. The lowest BCUT2D eigenvalue weighted by Crippen LogP contribution is -2.14. The lowest BCUT2D eigenvalue weighted by atomic mass is 10.2. The van der Waals surface area contributed by atoms with E-state index in [0.29, 0.717) is 5.75 Å². The average Bonchev–Trinajstić information content (AvgIpc) is 2.64. The number of aryl methyl sites for hydroxylation is 2. The quantitative estimate of drug-likeness (QED) is 0.871. The lowest BCUT2D eigenvalue weighted by molar-refractivity contribution is 0.293. The Kier molecular flexibility index (Phi) is 3.80. The molecule has 19 heavy (non-hydrogen) atoms. The average molecular weight is 279 g/mol. The number of halogens is 1. The van der Waals surface area contributed by atoms with Gasteiger partial charge < -0.3 is 10.5 Å². The number of rotatable bonds is 4. The number of benzene rings is 1. The highest BCUT2D eigenvalue weighted by atomic mass is 32.1. The van der Waals surface area contributed by atoms with Crippen LogP contribution in [0.15, 0.2) is 24.3 Å². The largest absolute Gasteiger partial charge is 0.486 e. The highest BCUT2D eigenvalue weighted by Gasteiger charge is 2.13. The van der Waals surface area contributed by atoms with Gasteiger partial charge in [-0.15, -0.1) is 0 Å². The number of hydrogen-bond acceptors (Lipinski definition) is 3. The van der Waals surface area contributed by atoms with Crippen molar-refractivity contribution in [2.75, 3.05) is 0 Å². The molecule has 0 saturated carbocycles. The molecule has 1 aromatic heterocycles. The normalized spacial score (nSPS) is 10.5. The van der Waals surface area contributed by atoms with Gasteiger partial charge in [-0.2, -0.15) is 5.10 Å². The summed E-state index contributed by atoms with van der Waals surface area (Å²) in [6.45, 7) is 2.17. The van der Waals surface area contributed by atoms with Crippen molar-refractivity contribution < 1.29 is 9.13 Å². The molecule has 100 valence electrons. The van der Waals surface area contributed by atoms with Gasteiger partial charge in [0.15, 0.2) is 0 Å². The molecule has 0 saturated heterocycles. The summed E-state index contributed by atoms with van der Waals surface area (Å²) >= 11 is 4.84. The Bertz CT molecular complexity index is 624. The van der Waals surface area contributed by atoms with Gasteiger partial charge in [0, 0.05) is 7.05 Å². The first-order chi connectivity index (χ1) is 8.99. The molecule has 1 heterocycles. The van der Waals surface area contributed by atoms with Crippen LogP contribution in [0.3, 0.4) is 0 Å². The van der Waals surface area contributed by atoms with Crippen molar-refractivity contribution in [2.24, 2.45) is 12.8 Å². The lowest BCUT2D eigenvalue weighted by Gasteiger charge is -2.11. The molecule has 0 aliphatic heterocycles. The third kappa shape index (κ3) is 2.90. The molecule has 6 heteroatoms. The molecular weight excluding hydrogens is 265 g/mol. The first-order valence-corrected chi connectivity index (χ1v) is 6.10. The number of ether oxygens (including phenoxy) is 1. The summed E-state index contributed by atoms with van der Waals surface area (Å²) in [5.74, 6) is -0.141. The molecule has 0 aliphatic carbocycles. The zero-order valence-electron chi connectivity index (χ0n) is 10.7. The van der Waals surface area contributed by atoms with Crippen LogP contribution in [-0.2, 0) is 13.7 Å². The van der Waals surface area contributed by atoms with Gasteiger partial charge in [0.2, 0.25) is 0 Å². The minimum atomic E-state index is -0.480. The molecule has 0 atom stereocenters. The van der Waals surface area contributed by atoms with Gasteiger partial charge in [0.05, 0.1) is 17.0 Å². The predicted molar refractivity (Wildman–Crippen MR) is 74.6 cm³/mol. The van der Waals surface area contributed by atoms with E-state index in [1.165, 1.54) is 6.07 Å². The third-order valence-electron chi connectivity index (χ3n) is 2.70. The summed E-state index contributed by atoms with van der Waals surface area (Å²) in [6, 6.07) is 6.40. The maximum absolute atomic E-state index is 13.6. The molecule has 2 aromatic rings. The molecule has 0 unspecified atom stereocenters. The fourth-order valence-corrected chi connectivity index (χ4v) is 2.01. The minimum absolute atomic E-state index is 0.0192. The van der Waals surface area contributed by atoms with E-state index in [9.17, 15) is 4.39 Å². The van der Waals surface area contributed by atoms with Crippen LogP contribution in [0, 0.1) is 12.7 Å². The SMILES string of the molecule is Cc1cc(COc2cccc(F)c2C(N)=S)n(C)n1. The summed E-state index contributed by atoms with van der Waals surface area (Å²) in [4.78, 5) is -0.0192. The summed E-state index contributed by atoms with van der Waals surface area (Å²) < 4.78 is 21.0.